The van der Waals surface area contributed by atoms with Gasteiger partial charge in [-0.2, -0.15) is 0 Å². The summed E-state index contributed by atoms with van der Waals surface area (Å²) in [6.45, 7) is 16.4. The number of carbonyl (C=O) groups is 3. The first-order chi connectivity index (χ1) is 37.5. The maximum Gasteiger partial charge on any atom is 0.335 e. The maximum absolute atomic E-state index is 13.8. The van der Waals surface area contributed by atoms with Crippen molar-refractivity contribution in [2.45, 2.75) is 225 Å². The number of aliphatic carboxylic acids is 1. The third kappa shape index (κ3) is 10.8. The van der Waals surface area contributed by atoms with E-state index in [4.69, 9.17) is 37.9 Å². The van der Waals surface area contributed by atoms with Gasteiger partial charge in [0.15, 0.2) is 31.1 Å². The van der Waals surface area contributed by atoms with E-state index in [2.05, 4.69) is 26.8 Å². The van der Waals surface area contributed by atoms with Gasteiger partial charge in [-0.25, -0.2) is 14.4 Å². The Balaban J connectivity index is 0.00000946. The second kappa shape index (κ2) is 24.7. The van der Waals surface area contributed by atoms with E-state index in [1.807, 2.05) is 20.8 Å². The first-order valence-corrected chi connectivity index (χ1v) is 28.2. The predicted octanol–water partition coefficient (Wildman–Crippen LogP) is 0.262. The van der Waals surface area contributed by atoms with Crippen LogP contribution in [0.5, 0.6) is 0 Å². The number of ether oxygens (including phenoxy) is 8. The van der Waals surface area contributed by atoms with E-state index in [1.54, 1.807) is 39.8 Å². The summed E-state index contributed by atoms with van der Waals surface area (Å²) >= 11 is 0. The first kappa shape index (κ1) is 66.6. The number of hydrogen-bond donors (Lipinski definition) is 12. The van der Waals surface area contributed by atoms with E-state index in [9.17, 15) is 75.7 Å². The molecule has 12 N–H and O–H groups in total. The standard InChI is InChI=1S/C57H88O23.Y/c1-11-25(3)47(71)79-44-45(80-48(72)26(4)12-2)57(24-61)28(19-52(44,5)6)27-13-14-32-53(7)17-16-34(54(8,23-60)31(53)15-18-55(32,9)56(27,10)20-33(57)62)75-51-43(78-50-39(67)37(65)35(63)29(21-58)73-50)41(40(68)42(77-51)46(69)70)76-49-38(66)36(64)30(22-59)74-49;/h11-13,28-45,49-51,58-68H,14-24H2,1-10H3,(H,69,70);/b25-11-,26-12-;/t28?,29?,30-,31?,32?,33+,34-,35+,36?,37+,38-,39?,40-,41+,42?,43?,44-,45-,49-,50-,51+,53-,54+,55+,56+,57-;/m0./s1. The molecule has 0 spiro atoms. The fourth-order valence-corrected chi connectivity index (χ4v) is 16.2. The van der Waals surface area contributed by atoms with Crippen molar-refractivity contribution in [3.8, 4) is 0 Å². The first-order valence-electron chi connectivity index (χ1n) is 28.2. The molecule has 26 atom stereocenters. The Morgan fingerprint density at radius 3 is 1.72 bits per heavy atom. The van der Waals surface area contributed by atoms with Crippen molar-refractivity contribution in [2.24, 2.45) is 50.2 Å². The molecule has 0 aromatic carbocycles. The summed E-state index contributed by atoms with van der Waals surface area (Å²) in [5, 5.41) is 133. The SMILES string of the molecule is C/C=C(/C)C(=O)O[C@H]1[C@H](OC(=O)/C(C)=C\C)[C@@]2(CO)C(CC1(C)C)C1=CCC3[C@@]4(C)CC[C@H](O[C@@H]5OC(C(=O)O)[C@@H](O)[C@@H](O[C@@H]6O[C@@H](CO)C(O)[C@@H]6O)C5O[C@@H]5OC(CO)[C@@H](O)[C@@H](O)C5O)[C@](C)(CO)C4CC[C@@]3(C)[C@]1(C)C[C@H]2O.[Y]. The Hall–Kier alpha value is -1.95. The van der Waals surface area contributed by atoms with Gasteiger partial charge in [-0.1, -0.05) is 65.3 Å². The number of hydrogen-bond acceptors (Lipinski definition) is 22. The van der Waals surface area contributed by atoms with Crippen molar-refractivity contribution in [1.29, 1.82) is 0 Å². The number of aliphatic hydroxyl groups excluding tert-OH is 11. The van der Waals surface area contributed by atoms with Gasteiger partial charge in [0.25, 0.3) is 0 Å². The molecule has 0 bridgehead atoms. The Labute approximate surface area is 497 Å². The second-order valence-corrected chi connectivity index (χ2v) is 25.8. The Bertz CT molecular complexity index is 2380. The predicted molar refractivity (Wildman–Crippen MR) is 277 cm³/mol. The van der Waals surface area contributed by atoms with Crippen LogP contribution in [0.25, 0.3) is 0 Å². The van der Waals surface area contributed by atoms with Crippen LogP contribution in [-0.4, -0.2) is 216 Å². The summed E-state index contributed by atoms with van der Waals surface area (Å²) in [6, 6.07) is 0. The van der Waals surface area contributed by atoms with Gasteiger partial charge in [-0.3, -0.25) is 0 Å². The molecule has 8 rings (SSSR count). The molecule has 8 unspecified atom stereocenters. The molecule has 7 fully saturated rings. The summed E-state index contributed by atoms with van der Waals surface area (Å²) in [7, 11) is 0. The maximum atomic E-state index is 13.8. The van der Waals surface area contributed by atoms with Gasteiger partial charge in [-0.05, 0) is 107 Å². The number of carbonyl (C=O) groups excluding carboxylic acids is 2. The third-order valence-corrected chi connectivity index (χ3v) is 21.4. The average molecular weight is 1230 g/mol. The van der Waals surface area contributed by atoms with Crippen LogP contribution < -0.4 is 0 Å². The van der Waals surface area contributed by atoms with E-state index in [-0.39, 0.29) is 57.4 Å². The molecule has 81 heavy (non-hydrogen) atoms. The fraction of sp³-hybridized carbons (Fsp3) is 0.842. The van der Waals surface area contributed by atoms with Crippen LogP contribution in [0.15, 0.2) is 34.9 Å². The number of carboxylic acids is 1. The smallest absolute Gasteiger partial charge is 0.335 e. The van der Waals surface area contributed by atoms with Gasteiger partial charge in [0.1, 0.15) is 67.1 Å². The topological polar surface area (TPSA) is 368 Å². The summed E-state index contributed by atoms with van der Waals surface area (Å²) in [4.78, 5) is 40.3. The van der Waals surface area contributed by atoms with Gasteiger partial charge < -0.3 is 99.2 Å². The van der Waals surface area contributed by atoms with Crippen molar-refractivity contribution in [1.82, 2.24) is 0 Å². The molecule has 0 aromatic heterocycles. The zero-order valence-corrected chi connectivity index (χ0v) is 50.9. The molecule has 457 valence electrons. The number of allylic oxidation sites excluding steroid dienone is 4. The minimum atomic E-state index is -2.15. The summed E-state index contributed by atoms with van der Waals surface area (Å²) in [6.07, 6.45) is -21.9. The summed E-state index contributed by atoms with van der Waals surface area (Å²) in [5.74, 6) is -3.87. The molecule has 3 aliphatic heterocycles. The van der Waals surface area contributed by atoms with Crippen molar-refractivity contribution in [2.75, 3.05) is 26.4 Å². The Morgan fingerprint density at radius 1 is 0.642 bits per heavy atom. The summed E-state index contributed by atoms with van der Waals surface area (Å²) in [5.41, 5.74) is -3.55. The Kier molecular flexibility index (Phi) is 20.3. The van der Waals surface area contributed by atoms with Crippen molar-refractivity contribution in [3.05, 3.63) is 34.9 Å². The van der Waals surface area contributed by atoms with E-state index in [0.29, 0.717) is 43.3 Å². The van der Waals surface area contributed by atoms with E-state index < -0.39 is 193 Å². The molecule has 5 aliphatic carbocycles. The molecule has 0 aromatic rings. The minimum Gasteiger partial charge on any atom is -0.479 e. The van der Waals surface area contributed by atoms with Crippen LogP contribution in [0.4, 0.5) is 0 Å². The van der Waals surface area contributed by atoms with Gasteiger partial charge in [-0.15, -0.1) is 0 Å². The van der Waals surface area contributed by atoms with Crippen LogP contribution in [0.1, 0.15) is 114 Å². The Morgan fingerprint density at radius 2 is 1.19 bits per heavy atom. The summed E-state index contributed by atoms with van der Waals surface area (Å²) < 4.78 is 49.0. The van der Waals surface area contributed by atoms with Crippen LogP contribution >= 0.6 is 0 Å². The number of carboxylic acid groups (broad SMARTS) is 1. The zero-order valence-electron chi connectivity index (χ0n) is 48.1. The van der Waals surface area contributed by atoms with Crippen molar-refractivity contribution >= 4 is 17.9 Å². The number of aliphatic hydroxyl groups is 11. The molecular formula is C57H88O23Y. The molecule has 4 saturated carbocycles. The second-order valence-electron chi connectivity index (χ2n) is 25.8. The molecule has 1 radical (unpaired) electrons. The van der Waals surface area contributed by atoms with Crippen LogP contribution in [0, 0.1) is 50.2 Å². The van der Waals surface area contributed by atoms with Crippen molar-refractivity contribution < 1.29 is 146 Å². The van der Waals surface area contributed by atoms with Gasteiger partial charge in [0.2, 0.25) is 0 Å². The van der Waals surface area contributed by atoms with Gasteiger partial charge in [0, 0.05) is 54.7 Å². The molecule has 24 heteroatoms. The quantitative estimate of drug-likeness (QED) is 0.0453. The molecule has 3 heterocycles. The van der Waals surface area contributed by atoms with E-state index in [0.717, 1.165) is 5.57 Å². The van der Waals surface area contributed by atoms with Crippen LogP contribution in [0.2, 0.25) is 0 Å². The molecule has 23 nitrogen and oxygen atoms in total. The zero-order chi connectivity index (χ0) is 59.1. The van der Waals surface area contributed by atoms with Gasteiger partial charge in [0.05, 0.1) is 44.1 Å². The largest absolute Gasteiger partial charge is 0.479 e. The normalized spacial score (nSPS) is 48.7. The fourth-order valence-electron chi connectivity index (χ4n) is 16.2. The van der Waals surface area contributed by atoms with Crippen molar-refractivity contribution in [3.63, 3.8) is 0 Å². The number of esters is 2. The average Bonchev–Trinajstić information content (AvgIpc) is 3.88. The van der Waals surface area contributed by atoms with E-state index >= 15 is 0 Å². The van der Waals surface area contributed by atoms with Crippen LogP contribution in [-0.2, 0) is 85.0 Å². The van der Waals surface area contributed by atoms with E-state index in [1.165, 1.54) is 0 Å². The van der Waals surface area contributed by atoms with Gasteiger partial charge >= 0.3 is 17.9 Å². The third-order valence-electron chi connectivity index (χ3n) is 21.4. The molecule has 8 aliphatic rings. The number of rotatable bonds is 15. The molecular weight excluding hydrogens is 1140 g/mol. The molecule has 3 saturated heterocycles. The number of fused-ring (bicyclic) bond motifs is 7. The van der Waals surface area contributed by atoms with Crippen LogP contribution in [0.3, 0.4) is 0 Å². The monoisotopic (exact) mass is 1230 g/mol. The molecule has 0 amide bonds. The minimum absolute atomic E-state index is 0.